The highest BCUT2D eigenvalue weighted by atomic mass is 32.1. The number of aryl methyl sites for hydroxylation is 1. The Morgan fingerprint density at radius 1 is 1.45 bits per heavy atom. The van der Waals surface area contributed by atoms with Gasteiger partial charge in [0.05, 0.1) is 12.0 Å². The van der Waals surface area contributed by atoms with Crippen LogP contribution in [0.1, 0.15) is 40.9 Å². The first-order valence-corrected chi connectivity index (χ1v) is 8.44. The van der Waals surface area contributed by atoms with E-state index in [0.717, 1.165) is 43.3 Å². The van der Waals surface area contributed by atoms with E-state index < -0.39 is 0 Å². The minimum Gasteiger partial charge on any atom is -0.348 e. The molecular formula is C15H18N6S. The van der Waals surface area contributed by atoms with Crippen LogP contribution in [0, 0.1) is 0 Å². The summed E-state index contributed by atoms with van der Waals surface area (Å²) in [5.41, 5.74) is 2.25. The first kappa shape index (κ1) is 13.7. The maximum absolute atomic E-state index is 4.80. The molecule has 1 aliphatic heterocycles. The Bertz CT molecular complexity index is 757. The van der Waals surface area contributed by atoms with Gasteiger partial charge in [-0.3, -0.25) is 0 Å². The van der Waals surface area contributed by atoms with E-state index in [0.29, 0.717) is 0 Å². The van der Waals surface area contributed by atoms with Gasteiger partial charge in [-0.05, 0) is 18.4 Å². The summed E-state index contributed by atoms with van der Waals surface area (Å²) in [5.74, 6) is 1.84. The molecule has 7 heteroatoms. The predicted octanol–water partition coefficient (Wildman–Crippen LogP) is 1.91. The van der Waals surface area contributed by atoms with Gasteiger partial charge in [-0.25, -0.2) is 14.6 Å². The molecule has 4 heterocycles. The summed E-state index contributed by atoms with van der Waals surface area (Å²) in [7, 11) is 0. The molecular weight excluding hydrogens is 296 g/mol. The fourth-order valence-electron chi connectivity index (χ4n) is 2.93. The molecule has 114 valence electrons. The van der Waals surface area contributed by atoms with Crippen LogP contribution in [0.3, 0.4) is 0 Å². The molecule has 0 bridgehead atoms. The minimum atomic E-state index is 0.0273. The monoisotopic (exact) mass is 314 g/mol. The largest absolute Gasteiger partial charge is 0.348 e. The highest BCUT2D eigenvalue weighted by molar-refractivity contribution is 7.09. The van der Waals surface area contributed by atoms with Crippen molar-refractivity contribution in [3.05, 3.63) is 51.8 Å². The maximum atomic E-state index is 4.80. The Balaban J connectivity index is 1.69. The standard InChI is InChI=1S/C15H18N6S/c1-2-21-15(14-13-11(5-6-16-14)17-9-18-13)19-12(20-21)8-10-4-3-7-22-10/h3-4,7,9,14,16H,2,5-6,8H2,1H3,(H,17,18). The number of hydrogen-bond donors (Lipinski definition) is 2. The molecule has 0 amide bonds. The van der Waals surface area contributed by atoms with Crippen LogP contribution in [0.25, 0.3) is 0 Å². The number of thiophene rings is 1. The third-order valence-electron chi connectivity index (χ3n) is 3.96. The van der Waals surface area contributed by atoms with Crippen molar-refractivity contribution >= 4 is 11.3 Å². The number of rotatable bonds is 4. The summed E-state index contributed by atoms with van der Waals surface area (Å²) < 4.78 is 1.99. The third kappa shape index (κ3) is 2.36. The van der Waals surface area contributed by atoms with Crippen molar-refractivity contribution in [1.82, 2.24) is 30.0 Å². The molecule has 4 rings (SSSR count). The SMILES string of the molecule is CCn1nc(Cc2cccs2)nc1C1NCCc2[nH]cnc21. The second kappa shape index (κ2) is 5.66. The summed E-state index contributed by atoms with van der Waals surface area (Å²) in [4.78, 5) is 13.8. The smallest absolute Gasteiger partial charge is 0.156 e. The molecule has 0 saturated heterocycles. The van der Waals surface area contributed by atoms with Gasteiger partial charge in [0.15, 0.2) is 11.6 Å². The van der Waals surface area contributed by atoms with Gasteiger partial charge in [-0.2, -0.15) is 5.10 Å². The molecule has 6 nitrogen and oxygen atoms in total. The van der Waals surface area contributed by atoms with Crippen LogP contribution >= 0.6 is 11.3 Å². The van der Waals surface area contributed by atoms with Crippen molar-refractivity contribution in [3.63, 3.8) is 0 Å². The number of nitrogens with one attached hydrogen (secondary N) is 2. The van der Waals surface area contributed by atoms with Crippen LogP contribution in [0.15, 0.2) is 23.8 Å². The lowest BCUT2D eigenvalue weighted by atomic mass is 10.1. The predicted molar refractivity (Wildman–Crippen MR) is 85.0 cm³/mol. The molecule has 1 unspecified atom stereocenters. The Morgan fingerprint density at radius 3 is 3.23 bits per heavy atom. The lowest BCUT2D eigenvalue weighted by Crippen LogP contribution is -2.32. The highest BCUT2D eigenvalue weighted by Gasteiger charge is 2.28. The van der Waals surface area contributed by atoms with Crippen LogP contribution in [-0.2, 0) is 19.4 Å². The average molecular weight is 314 g/mol. The zero-order valence-electron chi connectivity index (χ0n) is 12.4. The fraction of sp³-hybridized carbons (Fsp3) is 0.400. The lowest BCUT2D eigenvalue weighted by Gasteiger charge is -2.22. The van der Waals surface area contributed by atoms with Crippen molar-refractivity contribution in [1.29, 1.82) is 0 Å². The number of fused-ring (bicyclic) bond motifs is 1. The van der Waals surface area contributed by atoms with E-state index in [1.165, 1.54) is 10.6 Å². The molecule has 1 atom stereocenters. The fourth-order valence-corrected chi connectivity index (χ4v) is 3.63. The van der Waals surface area contributed by atoms with Crippen molar-refractivity contribution < 1.29 is 0 Å². The zero-order chi connectivity index (χ0) is 14.9. The Hall–Kier alpha value is -1.99. The van der Waals surface area contributed by atoms with Gasteiger partial charge < -0.3 is 10.3 Å². The van der Waals surface area contributed by atoms with Gasteiger partial charge in [0.1, 0.15) is 6.04 Å². The number of nitrogens with zero attached hydrogens (tertiary/aromatic N) is 4. The average Bonchev–Trinajstić information content (AvgIpc) is 3.27. The van der Waals surface area contributed by atoms with Crippen LogP contribution in [0.2, 0.25) is 0 Å². The molecule has 0 spiro atoms. The van der Waals surface area contributed by atoms with E-state index in [4.69, 9.17) is 4.98 Å². The van der Waals surface area contributed by atoms with Gasteiger partial charge in [0, 0.05) is 36.5 Å². The molecule has 0 fully saturated rings. The summed E-state index contributed by atoms with van der Waals surface area (Å²) >= 11 is 1.74. The molecule has 3 aromatic heterocycles. The molecule has 22 heavy (non-hydrogen) atoms. The third-order valence-corrected chi connectivity index (χ3v) is 4.84. The van der Waals surface area contributed by atoms with E-state index in [9.17, 15) is 0 Å². The molecule has 0 radical (unpaired) electrons. The molecule has 2 N–H and O–H groups in total. The van der Waals surface area contributed by atoms with Gasteiger partial charge in [-0.1, -0.05) is 6.07 Å². The van der Waals surface area contributed by atoms with Crippen LogP contribution in [0.5, 0.6) is 0 Å². The topological polar surface area (TPSA) is 71.4 Å². The Labute approximate surface area is 132 Å². The number of aromatic amines is 1. The Kier molecular flexibility index (Phi) is 3.51. The Morgan fingerprint density at radius 2 is 2.41 bits per heavy atom. The van der Waals surface area contributed by atoms with Crippen LogP contribution < -0.4 is 5.32 Å². The second-order valence-corrected chi connectivity index (χ2v) is 6.39. The maximum Gasteiger partial charge on any atom is 0.156 e. The van der Waals surface area contributed by atoms with Crippen molar-refractivity contribution in [3.8, 4) is 0 Å². The number of aromatic nitrogens is 5. The minimum absolute atomic E-state index is 0.0273. The molecule has 0 saturated carbocycles. The quantitative estimate of drug-likeness (QED) is 0.771. The van der Waals surface area contributed by atoms with E-state index in [2.05, 4.69) is 44.8 Å². The summed E-state index contributed by atoms with van der Waals surface area (Å²) in [6.07, 6.45) is 3.54. The number of H-pyrrole nitrogens is 1. The van der Waals surface area contributed by atoms with E-state index in [-0.39, 0.29) is 6.04 Å². The van der Waals surface area contributed by atoms with E-state index in [1.54, 1.807) is 17.7 Å². The molecule has 3 aromatic rings. The van der Waals surface area contributed by atoms with Gasteiger partial charge in [0.2, 0.25) is 0 Å². The lowest BCUT2D eigenvalue weighted by molar-refractivity contribution is 0.491. The molecule has 0 aromatic carbocycles. The van der Waals surface area contributed by atoms with Crippen LogP contribution in [-0.4, -0.2) is 31.3 Å². The van der Waals surface area contributed by atoms with Gasteiger partial charge in [0.25, 0.3) is 0 Å². The van der Waals surface area contributed by atoms with Crippen LogP contribution in [0.4, 0.5) is 0 Å². The second-order valence-electron chi connectivity index (χ2n) is 5.36. The number of imidazole rings is 1. The van der Waals surface area contributed by atoms with Gasteiger partial charge in [-0.15, -0.1) is 11.3 Å². The summed E-state index contributed by atoms with van der Waals surface area (Å²) in [5, 5.41) is 10.3. The summed E-state index contributed by atoms with van der Waals surface area (Å²) in [6.45, 7) is 3.84. The summed E-state index contributed by atoms with van der Waals surface area (Å²) in [6, 6.07) is 4.22. The van der Waals surface area contributed by atoms with E-state index in [1.807, 2.05) is 4.68 Å². The van der Waals surface area contributed by atoms with Crippen molar-refractivity contribution in [2.75, 3.05) is 6.54 Å². The first-order valence-electron chi connectivity index (χ1n) is 7.56. The molecule has 0 aliphatic carbocycles. The zero-order valence-corrected chi connectivity index (χ0v) is 13.2. The normalized spacial score (nSPS) is 17.6. The van der Waals surface area contributed by atoms with Gasteiger partial charge >= 0.3 is 0 Å². The number of hydrogen-bond acceptors (Lipinski definition) is 5. The first-order chi connectivity index (χ1) is 10.8. The van der Waals surface area contributed by atoms with Crippen molar-refractivity contribution in [2.24, 2.45) is 0 Å². The highest BCUT2D eigenvalue weighted by Crippen LogP contribution is 2.25. The molecule has 1 aliphatic rings. The van der Waals surface area contributed by atoms with E-state index >= 15 is 0 Å². The van der Waals surface area contributed by atoms with Crippen molar-refractivity contribution in [2.45, 2.75) is 32.4 Å².